The molecule has 6 heteroatoms. The second kappa shape index (κ2) is 6.39. The van der Waals surface area contributed by atoms with Gasteiger partial charge in [-0.3, -0.25) is 0 Å². The first-order chi connectivity index (χ1) is 8.81. The van der Waals surface area contributed by atoms with Crippen LogP contribution in [0.3, 0.4) is 0 Å². The third-order valence-electron chi connectivity index (χ3n) is 2.86. The zero-order chi connectivity index (χ0) is 12.8. The van der Waals surface area contributed by atoms with E-state index < -0.39 is 0 Å². The average molecular weight is 253 g/mol. The number of nitrogens with zero attached hydrogens (tertiary/aromatic N) is 2. The summed E-state index contributed by atoms with van der Waals surface area (Å²) in [6.45, 7) is 1.55. The van der Waals surface area contributed by atoms with E-state index >= 15 is 0 Å². The van der Waals surface area contributed by atoms with E-state index in [1.54, 1.807) is 20.3 Å². The van der Waals surface area contributed by atoms with Crippen LogP contribution in [0.4, 0.5) is 5.95 Å². The summed E-state index contributed by atoms with van der Waals surface area (Å²) in [6, 6.07) is 1.64. The van der Waals surface area contributed by atoms with Crippen molar-refractivity contribution in [2.75, 3.05) is 32.7 Å². The quantitative estimate of drug-likeness (QED) is 0.857. The van der Waals surface area contributed by atoms with Crippen LogP contribution in [0, 0.1) is 0 Å². The number of hydrogen-bond acceptors (Lipinski definition) is 6. The molecule has 1 unspecified atom stereocenters. The van der Waals surface area contributed by atoms with E-state index in [-0.39, 0.29) is 6.10 Å². The van der Waals surface area contributed by atoms with E-state index in [1.165, 1.54) is 6.42 Å². The SMILES string of the molecule is COc1cc(OC)nc(NCC2CCCCO2)n1. The molecule has 0 aliphatic carbocycles. The maximum atomic E-state index is 5.63. The van der Waals surface area contributed by atoms with Gasteiger partial charge in [0.05, 0.1) is 26.4 Å². The van der Waals surface area contributed by atoms with Gasteiger partial charge in [-0.1, -0.05) is 0 Å². The number of anilines is 1. The molecule has 1 N–H and O–H groups in total. The number of methoxy groups -OCH3 is 2. The molecule has 0 bridgehead atoms. The minimum absolute atomic E-state index is 0.236. The maximum Gasteiger partial charge on any atom is 0.229 e. The smallest absolute Gasteiger partial charge is 0.229 e. The fourth-order valence-electron chi connectivity index (χ4n) is 1.87. The highest BCUT2D eigenvalue weighted by atomic mass is 16.5. The molecule has 100 valence electrons. The molecule has 0 amide bonds. The van der Waals surface area contributed by atoms with Crippen molar-refractivity contribution in [2.24, 2.45) is 0 Å². The van der Waals surface area contributed by atoms with E-state index in [2.05, 4.69) is 15.3 Å². The highest BCUT2D eigenvalue weighted by molar-refractivity contribution is 5.33. The predicted octanol–water partition coefficient (Wildman–Crippen LogP) is 1.47. The lowest BCUT2D eigenvalue weighted by Gasteiger charge is -2.22. The minimum atomic E-state index is 0.236. The van der Waals surface area contributed by atoms with Gasteiger partial charge < -0.3 is 19.5 Å². The standard InChI is InChI=1S/C12H19N3O3/c1-16-10-7-11(17-2)15-12(14-10)13-8-9-5-3-4-6-18-9/h7,9H,3-6,8H2,1-2H3,(H,13,14,15). The van der Waals surface area contributed by atoms with Gasteiger partial charge in [0, 0.05) is 13.2 Å². The van der Waals surface area contributed by atoms with Crippen molar-refractivity contribution in [2.45, 2.75) is 25.4 Å². The summed E-state index contributed by atoms with van der Waals surface area (Å²) in [5, 5.41) is 3.16. The zero-order valence-electron chi connectivity index (χ0n) is 10.8. The van der Waals surface area contributed by atoms with Gasteiger partial charge >= 0.3 is 0 Å². The van der Waals surface area contributed by atoms with Crippen LogP contribution in [0.25, 0.3) is 0 Å². The van der Waals surface area contributed by atoms with Crippen molar-refractivity contribution < 1.29 is 14.2 Å². The third-order valence-corrected chi connectivity index (χ3v) is 2.86. The molecule has 0 spiro atoms. The van der Waals surface area contributed by atoms with Gasteiger partial charge in [-0.2, -0.15) is 9.97 Å². The number of ether oxygens (including phenoxy) is 3. The first-order valence-electron chi connectivity index (χ1n) is 6.14. The van der Waals surface area contributed by atoms with Crippen LogP contribution < -0.4 is 14.8 Å². The summed E-state index contributed by atoms with van der Waals surface area (Å²) in [6.07, 6.45) is 3.68. The lowest BCUT2D eigenvalue weighted by molar-refractivity contribution is 0.0246. The molecule has 1 fully saturated rings. The van der Waals surface area contributed by atoms with E-state index in [0.717, 1.165) is 19.4 Å². The van der Waals surface area contributed by atoms with E-state index in [0.29, 0.717) is 24.3 Å². The Labute approximate surface area is 107 Å². The Morgan fingerprint density at radius 1 is 1.28 bits per heavy atom. The average Bonchev–Trinajstić information content (AvgIpc) is 2.45. The second-order valence-corrected chi connectivity index (χ2v) is 4.15. The molecular formula is C12H19N3O3. The molecule has 1 saturated heterocycles. The second-order valence-electron chi connectivity index (χ2n) is 4.15. The molecule has 6 nitrogen and oxygen atoms in total. The fourth-order valence-corrected chi connectivity index (χ4v) is 1.87. The third kappa shape index (κ3) is 3.46. The Morgan fingerprint density at radius 3 is 2.56 bits per heavy atom. The number of rotatable bonds is 5. The van der Waals surface area contributed by atoms with Gasteiger partial charge in [0.15, 0.2) is 0 Å². The van der Waals surface area contributed by atoms with Crippen LogP contribution in [0.1, 0.15) is 19.3 Å². The number of aromatic nitrogens is 2. The van der Waals surface area contributed by atoms with Gasteiger partial charge in [0.2, 0.25) is 17.7 Å². The molecule has 0 aromatic carbocycles. The van der Waals surface area contributed by atoms with Crippen LogP contribution in [0.15, 0.2) is 6.07 Å². The molecule has 0 saturated carbocycles. The molecule has 2 heterocycles. The summed E-state index contributed by atoms with van der Waals surface area (Å²) in [5.41, 5.74) is 0. The van der Waals surface area contributed by atoms with Crippen LogP contribution in [-0.4, -0.2) is 43.4 Å². The lowest BCUT2D eigenvalue weighted by Crippen LogP contribution is -2.27. The number of hydrogen-bond donors (Lipinski definition) is 1. The monoisotopic (exact) mass is 253 g/mol. The van der Waals surface area contributed by atoms with E-state index in [1.807, 2.05) is 0 Å². The Kier molecular flexibility index (Phi) is 4.58. The van der Waals surface area contributed by atoms with E-state index in [9.17, 15) is 0 Å². The van der Waals surface area contributed by atoms with Crippen LogP contribution in [-0.2, 0) is 4.74 Å². The maximum absolute atomic E-state index is 5.63. The first kappa shape index (κ1) is 12.9. The molecule has 1 aliphatic heterocycles. The van der Waals surface area contributed by atoms with Crippen molar-refractivity contribution in [1.82, 2.24) is 9.97 Å². The fraction of sp³-hybridized carbons (Fsp3) is 0.667. The van der Waals surface area contributed by atoms with Gasteiger partial charge in [-0.05, 0) is 19.3 Å². The summed E-state index contributed by atoms with van der Waals surface area (Å²) in [4.78, 5) is 8.41. The molecule has 1 aromatic heterocycles. The predicted molar refractivity (Wildman–Crippen MR) is 67.2 cm³/mol. The summed E-state index contributed by atoms with van der Waals surface area (Å²) in [7, 11) is 3.13. The van der Waals surface area contributed by atoms with Crippen molar-refractivity contribution in [1.29, 1.82) is 0 Å². The van der Waals surface area contributed by atoms with Crippen molar-refractivity contribution >= 4 is 5.95 Å². The lowest BCUT2D eigenvalue weighted by atomic mass is 10.1. The van der Waals surface area contributed by atoms with Gasteiger partial charge in [0.25, 0.3) is 0 Å². The largest absolute Gasteiger partial charge is 0.481 e. The highest BCUT2D eigenvalue weighted by Gasteiger charge is 2.14. The summed E-state index contributed by atoms with van der Waals surface area (Å²) in [5.74, 6) is 1.46. The Bertz CT molecular complexity index is 359. The Hall–Kier alpha value is -1.56. The van der Waals surface area contributed by atoms with Crippen molar-refractivity contribution in [3.63, 3.8) is 0 Å². The van der Waals surface area contributed by atoms with Crippen LogP contribution in [0.2, 0.25) is 0 Å². The number of nitrogens with one attached hydrogen (secondary N) is 1. The molecule has 1 aromatic rings. The first-order valence-corrected chi connectivity index (χ1v) is 6.14. The van der Waals surface area contributed by atoms with Crippen molar-refractivity contribution in [3.8, 4) is 11.8 Å². The Morgan fingerprint density at radius 2 is 2.00 bits per heavy atom. The summed E-state index contributed by atoms with van der Waals surface area (Å²) >= 11 is 0. The molecule has 0 radical (unpaired) electrons. The highest BCUT2D eigenvalue weighted by Crippen LogP contribution is 2.18. The topological polar surface area (TPSA) is 65.5 Å². The molecule has 1 atom stereocenters. The molecule has 18 heavy (non-hydrogen) atoms. The molecule has 1 aliphatic rings. The van der Waals surface area contributed by atoms with Crippen LogP contribution in [0.5, 0.6) is 11.8 Å². The zero-order valence-corrected chi connectivity index (χ0v) is 10.8. The van der Waals surface area contributed by atoms with Crippen molar-refractivity contribution in [3.05, 3.63) is 6.07 Å². The van der Waals surface area contributed by atoms with Gasteiger partial charge in [-0.25, -0.2) is 0 Å². The van der Waals surface area contributed by atoms with Gasteiger partial charge in [0.1, 0.15) is 0 Å². The van der Waals surface area contributed by atoms with Crippen LogP contribution >= 0.6 is 0 Å². The minimum Gasteiger partial charge on any atom is -0.481 e. The Balaban J connectivity index is 1.94. The molecule has 2 rings (SSSR count). The van der Waals surface area contributed by atoms with Gasteiger partial charge in [-0.15, -0.1) is 0 Å². The normalized spacial score (nSPS) is 19.3. The molecular weight excluding hydrogens is 234 g/mol. The summed E-state index contributed by atoms with van der Waals surface area (Å²) < 4.78 is 15.8. The van der Waals surface area contributed by atoms with E-state index in [4.69, 9.17) is 14.2 Å².